The number of carbonyl (C=O) groups is 2. The largest absolute Gasteiger partial charge is 0.479 e. The Labute approximate surface area is 123 Å². The molecule has 1 atom stereocenters. The van der Waals surface area contributed by atoms with Crippen LogP contribution in [0.3, 0.4) is 0 Å². The molecule has 7 heteroatoms. The summed E-state index contributed by atoms with van der Waals surface area (Å²) in [6, 6.07) is 0. The first-order valence-corrected chi connectivity index (χ1v) is 6.74. The molecule has 0 spiro atoms. The summed E-state index contributed by atoms with van der Waals surface area (Å²) in [5.74, 6) is -4.71. The van der Waals surface area contributed by atoms with Gasteiger partial charge in [0.25, 0.3) is 5.92 Å². The van der Waals surface area contributed by atoms with Gasteiger partial charge in [0.15, 0.2) is 5.54 Å². The zero-order chi connectivity index (χ0) is 16.9. The number of hydrogen-bond acceptors (Lipinski definition) is 3. The zero-order valence-corrected chi connectivity index (χ0v) is 13.3. The highest BCUT2D eigenvalue weighted by Crippen LogP contribution is 2.49. The van der Waals surface area contributed by atoms with Gasteiger partial charge in [-0.25, -0.2) is 18.4 Å². The van der Waals surface area contributed by atoms with Crippen LogP contribution in [0.25, 0.3) is 0 Å². The molecule has 1 saturated heterocycles. The third kappa shape index (κ3) is 3.27. The maximum Gasteiger partial charge on any atom is 0.411 e. The molecule has 0 unspecified atom stereocenters. The highest BCUT2D eigenvalue weighted by Gasteiger charge is 2.66. The molecule has 1 amide bonds. The number of carboxylic acid groups (broad SMARTS) is 1. The number of hydrogen-bond donors (Lipinski definition) is 1. The van der Waals surface area contributed by atoms with Crippen molar-refractivity contribution in [2.75, 3.05) is 6.54 Å². The molecule has 0 saturated carbocycles. The fourth-order valence-corrected chi connectivity index (χ4v) is 2.61. The second-order valence-corrected chi connectivity index (χ2v) is 7.51. The van der Waals surface area contributed by atoms with Gasteiger partial charge < -0.3 is 9.84 Å². The van der Waals surface area contributed by atoms with E-state index in [9.17, 15) is 23.5 Å². The van der Waals surface area contributed by atoms with Crippen LogP contribution in [0.15, 0.2) is 0 Å². The predicted molar refractivity (Wildman–Crippen MR) is 72.3 cm³/mol. The van der Waals surface area contributed by atoms with Crippen molar-refractivity contribution < 1.29 is 28.2 Å². The first kappa shape index (κ1) is 17.7. The summed E-state index contributed by atoms with van der Waals surface area (Å²) < 4.78 is 32.8. The maximum absolute atomic E-state index is 13.9. The van der Waals surface area contributed by atoms with Crippen LogP contribution >= 0.6 is 0 Å². The topological polar surface area (TPSA) is 66.8 Å². The minimum atomic E-state index is -3.26. The molecule has 21 heavy (non-hydrogen) atoms. The van der Waals surface area contributed by atoms with Crippen molar-refractivity contribution >= 4 is 12.1 Å². The number of aliphatic carboxylic acids is 1. The number of carbonyl (C=O) groups excluding carboxylic acids is 1. The Morgan fingerprint density at radius 1 is 1.14 bits per heavy atom. The normalized spacial score (nSPS) is 25.8. The van der Waals surface area contributed by atoms with E-state index in [-0.39, 0.29) is 0 Å². The summed E-state index contributed by atoms with van der Waals surface area (Å²) in [6.45, 7) is 8.42. The Hall–Kier alpha value is -1.40. The summed E-state index contributed by atoms with van der Waals surface area (Å²) in [5, 5.41) is 9.57. The average Bonchev–Trinajstić information content (AvgIpc) is 2.48. The van der Waals surface area contributed by atoms with Gasteiger partial charge in [-0.2, -0.15) is 0 Å². The van der Waals surface area contributed by atoms with E-state index >= 15 is 0 Å². The van der Waals surface area contributed by atoms with Gasteiger partial charge in [-0.3, -0.25) is 4.90 Å². The molecule has 1 rings (SSSR count). The Balaban J connectivity index is 3.32. The number of ether oxygens (including phenoxy) is 1. The molecule has 1 aliphatic heterocycles. The molecule has 1 heterocycles. The lowest BCUT2D eigenvalue weighted by molar-refractivity contribution is -0.157. The van der Waals surface area contributed by atoms with Crippen LogP contribution in [0.5, 0.6) is 0 Å². The number of likely N-dealkylation sites (tertiary alicyclic amines) is 1. The van der Waals surface area contributed by atoms with E-state index < -0.39 is 47.5 Å². The van der Waals surface area contributed by atoms with E-state index in [1.165, 1.54) is 20.8 Å². The van der Waals surface area contributed by atoms with E-state index in [2.05, 4.69) is 0 Å². The number of carboxylic acids is 1. The second kappa shape index (κ2) is 4.81. The molecule has 1 aliphatic rings. The Kier molecular flexibility index (Phi) is 4.05. The van der Waals surface area contributed by atoms with Crippen molar-refractivity contribution in [1.29, 1.82) is 0 Å². The smallest absolute Gasteiger partial charge is 0.411 e. The summed E-state index contributed by atoms with van der Waals surface area (Å²) in [6.07, 6.45) is -1.95. The number of alkyl halides is 2. The van der Waals surface area contributed by atoms with Gasteiger partial charge >= 0.3 is 12.1 Å². The van der Waals surface area contributed by atoms with Crippen LogP contribution in [-0.2, 0) is 9.53 Å². The van der Waals surface area contributed by atoms with Crippen LogP contribution in [0.1, 0.15) is 48.0 Å². The molecular weight excluding hydrogens is 284 g/mol. The van der Waals surface area contributed by atoms with Gasteiger partial charge in [0, 0.05) is 6.42 Å². The standard InChI is InChI=1S/C14H23F2NO4/c1-11(2,3)14(9(18)19)7-13(15,16)8-17(14)10(20)21-12(4,5)6/h7-8H2,1-6H3,(H,18,19)/t14-/m0/s1. The number of amides is 1. The van der Waals surface area contributed by atoms with Crippen LogP contribution in [-0.4, -0.2) is 45.7 Å². The van der Waals surface area contributed by atoms with E-state index in [0.29, 0.717) is 4.90 Å². The van der Waals surface area contributed by atoms with Gasteiger partial charge in [0.2, 0.25) is 0 Å². The predicted octanol–water partition coefficient (Wildman–Crippen LogP) is 3.13. The summed E-state index contributed by atoms with van der Waals surface area (Å²) in [7, 11) is 0. The zero-order valence-electron chi connectivity index (χ0n) is 13.3. The molecular formula is C14H23F2NO4. The average molecular weight is 307 g/mol. The second-order valence-electron chi connectivity index (χ2n) is 7.51. The van der Waals surface area contributed by atoms with Gasteiger partial charge in [0.1, 0.15) is 5.60 Å². The van der Waals surface area contributed by atoms with Crippen LogP contribution in [0, 0.1) is 5.41 Å². The molecule has 0 aromatic carbocycles. The maximum atomic E-state index is 13.9. The first-order valence-electron chi connectivity index (χ1n) is 6.74. The number of rotatable bonds is 1. The van der Waals surface area contributed by atoms with E-state index in [1.807, 2.05) is 0 Å². The number of nitrogens with zero attached hydrogens (tertiary/aromatic N) is 1. The van der Waals surface area contributed by atoms with E-state index in [1.54, 1.807) is 20.8 Å². The fourth-order valence-electron chi connectivity index (χ4n) is 2.61. The third-order valence-corrected chi connectivity index (χ3v) is 3.57. The molecule has 0 aromatic heterocycles. The van der Waals surface area contributed by atoms with Crippen molar-refractivity contribution in [3.05, 3.63) is 0 Å². The third-order valence-electron chi connectivity index (χ3n) is 3.57. The Bertz CT molecular complexity index is 451. The highest BCUT2D eigenvalue weighted by molar-refractivity contribution is 5.86. The van der Waals surface area contributed by atoms with E-state index in [4.69, 9.17) is 4.74 Å². The summed E-state index contributed by atoms with van der Waals surface area (Å²) in [5.41, 5.74) is -3.97. The SMILES string of the molecule is CC(C)(C)OC(=O)N1CC(F)(F)C[C@]1(C(=O)O)C(C)(C)C. The first-order chi connectivity index (χ1) is 9.12. The Morgan fingerprint density at radius 3 is 1.95 bits per heavy atom. The van der Waals surface area contributed by atoms with Crippen molar-refractivity contribution in [3.63, 3.8) is 0 Å². The molecule has 1 N–H and O–H groups in total. The quantitative estimate of drug-likeness (QED) is 0.808. The van der Waals surface area contributed by atoms with E-state index in [0.717, 1.165) is 0 Å². The molecule has 0 aromatic rings. The van der Waals surface area contributed by atoms with Crippen molar-refractivity contribution in [2.45, 2.75) is 65.0 Å². The minimum Gasteiger partial charge on any atom is -0.479 e. The lowest BCUT2D eigenvalue weighted by Gasteiger charge is -2.43. The lowest BCUT2D eigenvalue weighted by Crippen LogP contribution is -2.61. The van der Waals surface area contributed by atoms with Gasteiger partial charge in [0.05, 0.1) is 6.54 Å². The van der Waals surface area contributed by atoms with Gasteiger partial charge in [-0.1, -0.05) is 20.8 Å². The molecule has 5 nitrogen and oxygen atoms in total. The molecule has 1 fully saturated rings. The summed E-state index contributed by atoms with van der Waals surface area (Å²) in [4.78, 5) is 24.6. The Morgan fingerprint density at radius 2 is 1.62 bits per heavy atom. The monoisotopic (exact) mass is 307 g/mol. The van der Waals surface area contributed by atoms with Crippen LogP contribution < -0.4 is 0 Å². The molecule has 0 bridgehead atoms. The van der Waals surface area contributed by atoms with Crippen molar-refractivity contribution in [1.82, 2.24) is 4.90 Å². The van der Waals surface area contributed by atoms with Crippen LogP contribution in [0.4, 0.5) is 13.6 Å². The fraction of sp³-hybridized carbons (Fsp3) is 0.857. The molecule has 0 aliphatic carbocycles. The van der Waals surface area contributed by atoms with Crippen molar-refractivity contribution in [3.8, 4) is 0 Å². The van der Waals surface area contributed by atoms with Crippen molar-refractivity contribution in [2.24, 2.45) is 5.41 Å². The highest BCUT2D eigenvalue weighted by atomic mass is 19.3. The minimum absolute atomic E-state index is 0.667. The summed E-state index contributed by atoms with van der Waals surface area (Å²) >= 11 is 0. The number of halogens is 2. The van der Waals surface area contributed by atoms with Gasteiger partial charge in [-0.05, 0) is 26.2 Å². The molecule has 0 radical (unpaired) electrons. The van der Waals surface area contributed by atoms with Gasteiger partial charge in [-0.15, -0.1) is 0 Å². The molecule has 122 valence electrons. The van der Waals surface area contributed by atoms with Crippen LogP contribution in [0.2, 0.25) is 0 Å². The lowest BCUT2D eigenvalue weighted by atomic mass is 9.71.